The molecule has 2 heterocycles. The molecule has 4 heteroatoms. The minimum atomic E-state index is -1.22. The molecule has 0 radical (unpaired) electrons. The zero-order valence-corrected chi connectivity index (χ0v) is 12.4. The molecule has 2 aromatic carbocycles. The Labute approximate surface area is 132 Å². The van der Waals surface area contributed by atoms with Crippen LogP contribution in [0.15, 0.2) is 59.0 Å². The van der Waals surface area contributed by atoms with E-state index in [2.05, 4.69) is 4.98 Å². The normalized spacial score (nSPS) is 11.2. The van der Waals surface area contributed by atoms with Crippen molar-refractivity contribution < 1.29 is 14.3 Å². The third kappa shape index (κ3) is 2.25. The van der Waals surface area contributed by atoms with E-state index < -0.39 is 5.97 Å². The lowest BCUT2D eigenvalue weighted by molar-refractivity contribution is -0.254. The number of hydrogen-bond acceptors (Lipinski definition) is 4. The molecule has 4 rings (SSSR count). The van der Waals surface area contributed by atoms with E-state index in [4.69, 9.17) is 4.42 Å². The van der Waals surface area contributed by atoms with Gasteiger partial charge in [0.2, 0.25) is 0 Å². The second-order valence-electron chi connectivity index (χ2n) is 5.51. The molecule has 0 spiro atoms. The van der Waals surface area contributed by atoms with Crippen LogP contribution in [-0.2, 0) is 0 Å². The minimum absolute atomic E-state index is 0.120. The molecule has 23 heavy (non-hydrogen) atoms. The number of carboxylic acids is 1. The van der Waals surface area contributed by atoms with Crippen LogP contribution < -0.4 is 5.11 Å². The number of para-hydroxylation sites is 1. The van der Waals surface area contributed by atoms with E-state index in [1.807, 2.05) is 49.4 Å². The largest absolute Gasteiger partial charge is 0.545 e. The van der Waals surface area contributed by atoms with E-state index in [9.17, 15) is 9.90 Å². The third-order valence-electron chi connectivity index (χ3n) is 3.86. The van der Waals surface area contributed by atoms with Gasteiger partial charge in [-0.2, -0.15) is 0 Å². The number of aromatic carboxylic acids is 1. The van der Waals surface area contributed by atoms with Crippen molar-refractivity contribution in [2.45, 2.75) is 6.92 Å². The maximum Gasteiger partial charge on any atom is 0.153 e. The molecule has 0 saturated carbocycles. The lowest BCUT2D eigenvalue weighted by Gasteiger charge is -2.10. The van der Waals surface area contributed by atoms with Gasteiger partial charge in [-0.05, 0) is 37.3 Å². The number of pyridine rings is 1. The van der Waals surface area contributed by atoms with E-state index in [1.165, 1.54) is 6.07 Å². The van der Waals surface area contributed by atoms with Crippen LogP contribution in [0.5, 0.6) is 0 Å². The Hall–Kier alpha value is -3.14. The lowest BCUT2D eigenvalue weighted by atomic mass is 10.0. The van der Waals surface area contributed by atoms with Crippen molar-refractivity contribution in [1.29, 1.82) is 0 Å². The summed E-state index contributed by atoms with van der Waals surface area (Å²) in [4.78, 5) is 16.1. The zero-order chi connectivity index (χ0) is 16.0. The van der Waals surface area contributed by atoms with Crippen LogP contribution in [-0.4, -0.2) is 11.0 Å². The lowest BCUT2D eigenvalue weighted by Crippen LogP contribution is -2.22. The predicted molar refractivity (Wildman–Crippen MR) is 86.0 cm³/mol. The summed E-state index contributed by atoms with van der Waals surface area (Å²) in [6.07, 6.45) is 0. The Balaban J connectivity index is 2.00. The monoisotopic (exact) mass is 302 g/mol. The molecular formula is C19H12NO3-. The molecule has 0 amide bonds. The van der Waals surface area contributed by atoms with Crippen molar-refractivity contribution in [1.82, 2.24) is 4.98 Å². The van der Waals surface area contributed by atoms with Gasteiger partial charge in [-0.15, -0.1) is 0 Å². The maximum absolute atomic E-state index is 11.5. The molecule has 0 fully saturated rings. The Morgan fingerprint density at radius 3 is 2.70 bits per heavy atom. The number of carboxylic acid groups (broad SMARTS) is 1. The Kier molecular flexibility index (Phi) is 2.91. The fraction of sp³-hybridized carbons (Fsp3) is 0.0526. The fourth-order valence-electron chi connectivity index (χ4n) is 2.74. The first-order valence-corrected chi connectivity index (χ1v) is 7.23. The van der Waals surface area contributed by atoms with Gasteiger partial charge in [0.1, 0.15) is 11.3 Å². The van der Waals surface area contributed by atoms with Gasteiger partial charge in [0.15, 0.2) is 5.76 Å². The van der Waals surface area contributed by atoms with Gasteiger partial charge in [0, 0.05) is 16.3 Å². The van der Waals surface area contributed by atoms with Crippen molar-refractivity contribution in [2.75, 3.05) is 0 Å². The molecule has 0 aliphatic carbocycles. The van der Waals surface area contributed by atoms with Crippen molar-refractivity contribution >= 4 is 27.8 Å². The highest BCUT2D eigenvalue weighted by Crippen LogP contribution is 2.29. The van der Waals surface area contributed by atoms with Crippen molar-refractivity contribution in [3.63, 3.8) is 0 Å². The van der Waals surface area contributed by atoms with Gasteiger partial charge >= 0.3 is 0 Å². The average Bonchev–Trinajstić information content (AvgIpc) is 2.97. The van der Waals surface area contributed by atoms with E-state index in [0.29, 0.717) is 22.4 Å². The van der Waals surface area contributed by atoms with Crippen molar-refractivity contribution in [3.05, 3.63) is 65.7 Å². The number of fused-ring (bicyclic) bond motifs is 2. The number of benzene rings is 2. The molecule has 4 nitrogen and oxygen atoms in total. The summed E-state index contributed by atoms with van der Waals surface area (Å²) >= 11 is 0. The summed E-state index contributed by atoms with van der Waals surface area (Å²) in [6.45, 7) is 1.91. The number of carbonyl (C=O) groups excluding carboxylic acids is 1. The number of nitrogens with zero attached hydrogens (tertiary/aromatic N) is 1. The van der Waals surface area contributed by atoms with Gasteiger partial charge in [0.05, 0.1) is 11.5 Å². The summed E-state index contributed by atoms with van der Waals surface area (Å²) in [7, 11) is 0. The number of carbonyl (C=O) groups is 1. The summed E-state index contributed by atoms with van der Waals surface area (Å²) in [6, 6.07) is 16.5. The van der Waals surface area contributed by atoms with E-state index in [1.54, 1.807) is 6.07 Å². The van der Waals surface area contributed by atoms with Crippen LogP contribution in [0.4, 0.5) is 0 Å². The molecule has 0 unspecified atom stereocenters. The third-order valence-corrected chi connectivity index (χ3v) is 3.86. The van der Waals surface area contributed by atoms with E-state index >= 15 is 0 Å². The van der Waals surface area contributed by atoms with Crippen LogP contribution in [0.3, 0.4) is 0 Å². The summed E-state index contributed by atoms with van der Waals surface area (Å²) in [5.41, 5.74) is 2.92. The van der Waals surface area contributed by atoms with Crippen LogP contribution in [0.25, 0.3) is 33.3 Å². The smallest absolute Gasteiger partial charge is 0.153 e. The molecule has 0 atom stereocenters. The highest BCUT2D eigenvalue weighted by molar-refractivity contribution is 6.03. The molecule has 2 aromatic heterocycles. The number of rotatable bonds is 2. The van der Waals surface area contributed by atoms with Crippen LogP contribution >= 0.6 is 0 Å². The molecule has 0 aliphatic rings. The average molecular weight is 302 g/mol. The van der Waals surface area contributed by atoms with Crippen molar-refractivity contribution in [2.24, 2.45) is 0 Å². The van der Waals surface area contributed by atoms with Gasteiger partial charge < -0.3 is 14.3 Å². The SMILES string of the molecule is Cc1ccc2nc(-c3cc4ccccc4o3)cc(C(=O)[O-])c2c1. The standard InChI is InChI=1S/C19H13NO3/c1-11-6-7-15-13(8-11)14(19(21)22)10-16(20-15)18-9-12-4-2-3-5-17(12)23-18/h2-10H,1H3,(H,21,22)/p-1. The van der Waals surface area contributed by atoms with E-state index in [-0.39, 0.29) is 5.56 Å². The molecule has 112 valence electrons. The summed E-state index contributed by atoms with van der Waals surface area (Å²) in [5.74, 6) is -0.684. The Bertz CT molecular complexity index is 1030. The summed E-state index contributed by atoms with van der Waals surface area (Å²) in [5, 5.41) is 13.0. The molecule has 0 bridgehead atoms. The first-order chi connectivity index (χ1) is 11.1. The number of aryl methyl sites for hydroxylation is 1. The second kappa shape index (κ2) is 4.95. The van der Waals surface area contributed by atoms with Gasteiger partial charge in [-0.1, -0.05) is 29.8 Å². The minimum Gasteiger partial charge on any atom is -0.545 e. The molecule has 4 aromatic rings. The van der Waals surface area contributed by atoms with Crippen LogP contribution in [0.1, 0.15) is 15.9 Å². The number of hydrogen-bond donors (Lipinski definition) is 0. The highest BCUT2D eigenvalue weighted by Gasteiger charge is 2.12. The quantitative estimate of drug-likeness (QED) is 0.569. The topological polar surface area (TPSA) is 66.2 Å². The molecule has 0 saturated heterocycles. The Morgan fingerprint density at radius 1 is 1.09 bits per heavy atom. The van der Waals surface area contributed by atoms with Crippen LogP contribution in [0.2, 0.25) is 0 Å². The zero-order valence-electron chi connectivity index (χ0n) is 12.4. The number of aromatic nitrogens is 1. The fourth-order valence-corrected chi connectivity index (χ4v) is 2.74. The Morgan fingerprint density at radius 2 is 1.91 bits per heavy atom. The first-order valence-electron chi connectivity index (χ1n) is 7.23. The molecule has 0 aliphatic heterocycles. The van der Waals surface area contributed by atoms with Crippen LogP contribution in [0, 0.1) is 6.92 Å². The van der Waals surface area contributed by atoms with E-state index in [0.717, 1.165) is 16.5 Å². The van der Waals surface area contributed by atoms with Gasteiger partial charge in [0.25, 0.3) is 0 Å². The predicted octanol–water partition coefficient (Wildman–Crippen LogP) is 3.32. The highest BCUT2D eigenvalue weighted by atomic mass is 16.4. The van der Waals surface area contributed by atoms with Gasteiger partial charge in [-0.3, -0.25) is 0 Å². The number of furan rings is 1. The molecule has 0 N–H and O–H groups in total. The van der Waals surface area contributed by atoms with Crippen molar-refractivity contribution in [3.8, 4) is 11.5 Å². The second-order valence-corrected chi connectivity index (χ2v) is 5.51. The van der Waals surface area contributed by atoms with Gasteiger partial charge in [-0.25, -0.2) is 4.98 Å². The summed E-state index contributed by atoms with van der Waals surface area (Å²) < 4.78 is 5.79. The maximum atomic E-state index is 11.5. The molecular weight excluding hydrogens is 290 g/mol. The first kappa shape index (κ1) is 13.5.